The summed E-state index contributed by atoms with van der Waals surface area (Å²) in [5.41, 5.74) is 1.49. The zero-order chi connectivity index (χ0) is 13.5. The second-order valence-electron chi connectivity index (χ2n) is 4.10. The summed E-state index contributed by atoms with van der Waals surface area (Å²) in [6, 6.07) is 5.16. The molecule has 0 heterocycles. The smallest absolute Gasteiger partial charge is 0.292 e. The number of nitrogens with zero attached hydrogens (tertiary/aromatic N) is 2. The number of nitro benzene ring substituents is 1. The molecule has 0 bridgehead atoms. The summed E-state index contributed by atoms with van der Waals surface area (Å²) >= 11 is 0. The Morgan fingerprint density at radius 1 is 1.50 bits per heavy atom. The molecule has 1 aromatic carbocycles. The molecule has 0 aromatic heterocycles. The lowest BCUT2D eigenvalue weighted by Crippen LogP contribution is -2.21. The fourth-order valence-electron chi connectivity index (χ4n) is 1.73. The lowest BCUT2D eigenvalue weighted by molar-refractivity contribution is -0.384. The van der Waals surface area contributed by atoms with Gasteiger partial charge in [0.1, 0.15) is 5.69 Å². The fraction of sp³-hybridized carbons (Fsp3) is 0.500. The van der Waals surface area contributed by atoms with Crippen LogP contribution < -0.4 is 5.32 Å². The van der Waals surface area contributed by atoms with Crippen molar-refractivity contribution in [2.45, 2.75) is 13.5 Å². The third-order valence-electron chi connectivity index (χ3n) is 2.56. The summed E-state index contributed by atoms with van der Waals surface area (Å²) in [5.74, 6) is 0. The molecule has 0 saturated carbocycles. The molecule has 0 fully saturated rings. The van der Waals surface area contributed by atoms with Gasteiger partial charge in [-0.05, 0) is 25.6 Å². The van der Waals surface area contributed by atoms with Crippen LogP contribution in [0.15, 0.2) is 18.2 Å². The van der Waals surface area contributed by atoms with Crippen LogP contribution in [0, 0.1) is 10.1 Å². The Kier molecular flexibility index (Phi) is 5.54. The lowest BCUT2D eigenvalue weighted by Gasteiger charge is -2.15. The first-order valence-corrected chi connectivity index (χ1v) is 5.89. The minimum Gasteiger partial charge on any atom is -0.395 e. The highest BCUT2D eigenvalue weighted by atomic mass is 16.6. The van der Waals surface area contributed by atoms with E-state index >= 15 is 0 Å². The van der Waals surface area contributed by atoms with Crippen molar-refractivity contribution in [1.82, 2.24) is 4.90 Å². The Labute approximate surface area is 106 Å². The van der Waals surface area contributed by atoms with Gasteiger partial charge in [0.15, 0.2) is 0 Å². The number of aliphatic hydroxyl groups is 1. The zero-order valence-corrected chi connectivity index (χ0v) is 10.7. The summed E-state index contributed by atoms with van der Waals surface area (Å²) in [7, 11) is 1.86. The monoisotopic (exact) mass is 253 g/mol. The van der Waals surface area contributed by atoms with Gasteiger partial charge < -0.3 is 10.4 Å². The Morgan fingerprint density at radius 2 is 2.22 bits per heavy atom. The maximum atomic E-state index is 11.0. The highest BCUT2D eigenvalue weighted by molar-refractivity contribution is 5.62. The first-order chi connectivity index (χ1) is 8.58. The standard InChI is InChI=1S/C12H19N3O3/c1-3-13-11-5-4-10(8-12(11)15(17)18)9-14(2)6-7-16/h4-5,8,13,16H,3,6-7,9H2,1-2H3. The van der Waals surface area contributed by atoms with E-state index in [2.05, 4.69) is 5.32 Å². The number of benzene rings is 1. The molecule has 1 aromatic rings. The molecule has 0 saturated heterocycles. The van der Waals surface area contributed by atoms with Crippen molar-refractivity contribution in [3.63, 3.8) is 0 Å². The molecule has 0 aliphatic carbocycles. The minimum absolute atomic E-state index is 0.0774. The van der Waals surface area contributed by atoms with Gasteiger partial charge in [0.2, 0.25) is 0 Å². The summed E-state index contributed by atoms with van der Waals surface area (Å²) in [6.07, 6.45) is 0. The predicted octanol–water partition coefficient (Wildman–Crippen LogP) is 1.45. The third kappa shape index (κ3) is 3.97. The molecule has 0 unspecified atom stereocenters. The van der Waals surface area contributed by atoms with Crippen LogP contribution >= 0.6 is 0 Å². The van der Waals surface area contributed by atoms with Crippen LogP contribution in [0.1, 0.15) is 12.5 Å². The van der Waals surface area contributed by atoms with Gasteiger partial charge in [0.25, 0.3) is 5.69 Å². The van der Waals surface area contributed by atoms with Crippen LogP contribution in [0.5, 0.6) is 0 Å². The van der Waals surface area contributed by atoms with Gasteiger partial charge in [-0.25, -0.2) is 0 Å². The number of likely N-dealkylation sites (N-methyl/N-ethyl adjacent to an activating group) is 1. The Morgan fingerprint density at radius 3 is 2.78 bits per heavy atom. The average molecular weight is 253 g/mol. The van der Waals surface area contributed by atoms with Crippen molar-refractivity contribution in [1.29, 1.82) is 0 Å². The van der Waals surface area contributed by atoms with E-state index in [4.69, 9.17) is 5.11 Å². The number of hydrogen-bond donors (Lipinski definition) is 2. The summed E-state index contributed by atoms with van der Waals surface area (Å²) in [6.45, 7) is 3.74. The zero-order valence-electron chi connectivity index (χ0n) is 10.7. The maximum absolute atomic E-state index is 11.0. The predicted molar refractivity (Wildman–Crippen MR) is 70.7 cm³/mol. The van der Waals surface area contributed by atoms with E-state index in [1.54, 1.807) is 12.1 Å². The third-order valence-corrected chi connectivity index (χ3v) is 2.56. The second kappa shape index (κ2) is 6.93. The van der Waals surface area contributed by atoms with Crippen molar-refractivity contribution in [3.8, 4) is 0 Å². The molecule has 0 aliphatic rings. The average Bonchev–Trinajstić information content (AvgIpc) is 2.31. The maximum Gasteiger partial charge on any atom is 0.292 e. The molecule has 0 spiro atoms. The van der Waals surface area contributed by atoms with Crippen molar-refractivity contribution in [3.05, 3.63) is 33.9 Å². The van der Waals surface area contributed by atoms with Gasteiger partial charge in [0.05, 0.1) is 11.5 Å². The molecular formula is C12H19N3O3. The lowest BCUT2D eigenvalue weighted by atomic mass is 10.1. The summed E-state index contributed by atoms with van der Waals surface area (Å²) in [5, 5.41) is 22.8. The van der Waals surface area contributed by atoms with Crippen molar-refractivity contribution < 1.29 is 10.0 Å². The van der Waals surface area contributed by atoms with E-state index in [0.29, 0.717) is 25.3 Å². The molecule has 1 rings (SSSR count). The highest BCUT2D eigenvalue weighted by Crippen LogP contribution is 2.25. The van der Waals surface area contributed by atoms with Crippen molar-refractivity contribution >= 4 is 11.4 Å². The molecule has 6 heteroatoms. The van der Waals surface area contributed by atoms with Gasteiger partial charge >= 0.3 is 0 Å². The van der Waals surface area contributed by atoms with Crippen LogP contribution in [-0.4, -0.2) is 41.7 Å². The van der Waals surface area contributed by atoms with Gasteiger partial charge in [-0.3, -0.25) is 15.0 Å². The number of aliphatic hydroxyl groups excluding tert-OH is 1. The van der Waals surface area contributed by atoms with E-state index < -0.39 is 0 Å². The van der Waals surface area contributed by atoms with Gasteiger partial charge in [-0.2, -0.15) is 0 Å². The van der Waals surface area contributed by atoms with Crippen LogP contribution in [-0.2, 0) is 6.54 Å². The van der Waals surface area contributed by atoms with E-state index in [1.807, 2.05) is 24.9 Å². The van der Waals surface area contributed by atoms with Crippen LogP contribution in [0.3, 0.4) is 0 Å². The Hall–Kier alpha value is -1.66. The van der Waals surface area contributed by atoms with Gasteiger partial charge in [0, 0.05) is 25.7 Å². The van der Waals surface area contributed by atoms with Crippen molar-refractivity contribution in [2.24, 2.45) is 0 Å². The number of nitro groups is 1. The number of hydrogen-bond acceptors (Lipinski definition) is 5. The van der Waals surface area contributed by atoms with Gasteiger partial charge in [-0.1, -0.05) is 6.07 Å². The SMILES string of the molecule is CCNc1ccc(CN(C)CCO)cc1[N+](=O)[O-]. The van der Waals surface area contributed by atoms with Gasteiger partial charge in [-0.15, -0.1) is 0 Å². The first kappa shape index (κ1) is 14.4. The molecule has 18 heavy (non-hydrogen) atoms. The van der Waals surface area contributed by atoms with Crippen molar-refractivity contribution in [2.75, 3.05) is 32.1 Å². The number of nitrogens with one attached hydrogen (secondary N) is 1. The molecule has 0 aliphatic heterocycles. The Balaban J connectivity index is 2.89. The molecular weight excluding hydrogens is 234 g/mol. The number of rotatable bonds is 7. The molecule has 0 radical (unpaired) electrons. The van der Waals surface area contributed by atoms with Crippen LogP contribution in [0.4, 0.5) is 11.4 Å². The highest BCUT2D eigenvalue weighted by Gasteiger charge is 2.14. The number of anilines is 1. The topological polar surface area (TPSA) is 78.6 Å². The fourth-order valence-corrected chi connectivity index (χ4v) is 1.73. The quantitative estimate of drug-likeness (QED) is 0.568. The normalized spacial score (nSPS) is 10.7. The summed E-state index contributed by atoms with van der Waals surface area (Å²) in [4.78, 5) is 12.5. The molecule has 0 amide bonds. The molecule has 2 N–H and O–H groups in total. The van der Waals surface area contributed by atoms with E-state index in [9.17, 15) is 10.1 Å². The molecule has 6 nitrogen and oxygen atoms in total. The molecule has 100 valence electrons. The van der Waals surface area contributed by atoms with E-state index in [0.717, 1.165) is 5.56 Å². The Bertz CT molecular complexity index is 410. The van der Waals surface area contributed by atoms with E-state index in [1.165, 1.54) is 0 Å². The van der Waals surface area contributed by atoms with Crippen LogP contribution in [0.25, 0.3) is 0 Å². The summed E-state index contributed by atoms with van der Waals surface area (Å²) < 4.78 is 0. The second-order valence-corrected chi connectivity index (χ2v) is 4.10. The largest absolute Gasteiger partial charge is 0.395 e. The first-order valence-electron chi connectivity index (χ1n) is 5.89. The van der Waals surface area contributed by atoms with E-state index in [-0.39, 0.29) is 17.2 Å². The molecule has 0 atom stereocenters. The van der Waals surface area contributed by atoms with Crippen LogP contribution in [0.2, 0.25) is 0 Å². The minimum atomic E-state index is -0.381.